The predicted octanol–water partition coefficient (Wildman–Crippen LogP) is -0.798. The molecule has 0 radical (unpaired) electrons. The first-order valence-corrected chi connectivity index (χ1v) is 3.84. The highest BCUT2D eigenvalue weighted by Gasteiger charge is 2.41. The smallest absolute Gasteiger partial charge is 0.317 e. The molecule has 1 rings (SSSR count). The summed E-state index contributed by atoms with van der Waals surface area (Å²) in [5.74, 6) is -2.10. The van der Waals surface area contributed by atoms with Gasteiger partial charge in [-0.15, -0.1) is 0 Å². The second-order valence-electron chi connectivity index (χ2n) is 2.92. The number of ether oxygens (including phenoxy) is 1. The topological polar surface area (TPSA) is 90.4 Å². The molecular weight excluding hydrogens is 178 g/mol. The molecule has 0 aromatic heterocycles. The fourth-order valence-electron chi connectivity index (χ4n) is 1.14. The number of aliphatic carboxylic acids is 2. The first-order chi connectivity index (χ1) is 6.00. The summed E-state index contributed by atoms with van der Waals surface area (Å²) in [6.45, 7) is 1.16. The quantitative estimate of drug-likeness (QED) is 0.550. The van der Waals surface area contributed by atoms with Crippen LogP contribution in [-0.2, 0) is 14.3 Å². The van der Waals surface area contributed by atoms with Gasteiger partial charge < -0.3 is 14.9 Å². The van der Waals surface area contributed by atoms with E-state index in [0.29, 0.717) is 0 Å². The van der Waals surface area contributed by atoms with Gasteiger partial charge in [0.05, 0.1) is 19.2 Å². The van der Waals surface area contributed by atoms with Crippen LogP contribution in [0.2, 0.25) is 0 Å². The van der Waals surface area contributed by atoms with Crippen molar-refractivity contribution in [2.45, 2.75) is 19.3 Å². The zero-order chi connectivity index (χ0) is 10.0. The number of carbonyl (C=O) groups is 2. The van der Waals surface area contributed by atoms with E-state index in [9.17, 15) is 9.59 Å². The van der Waals surface area contributed by atoms with Gasteiger partial charge in [0.15, 0.2) is 0 Å². The van der Waals surface area contributed by atoms with E-state index in [4.69, 9.17) is 14.9 Å². The molecule has 13 heavy (non-hydrogen) atoms. The summed E-state index contributed by atoms with van der Waals surface area (Å²) in [6.07, 6.45) is -0.425. The van der Waals surface area contributed by atoms with Gasteiger partial charge in [-0.3, -0.25) is 14.5 Å². The van der Waals surface area contributed by atoms with Crippen molar-refractivity contribution in [2.75, 3.05) is 13.1 Å². The lowest BCUT2D eigenvalue weighted by Gasteiger charge is -2.14. The summed E-state index contributed by atoms with van der Waals surface area (Å²) >= 11 is 0. The summed E-state index contributed by atoms with van der Waals surface area (Å²) < 4.78 is 4.98. The first-order valence-electron chi connectivity index (χ1n) is 3.84. The number of carboxylic acids is 2. The van der Waals surface area contributed by atoms with E-state index < -0.39 is 11.9 Å². The van der Waals surface area contributed by atoms with Gasteiger partial charge in [-0.05, 0) is 6.92 Å². The van der Waals surface area contributed by atoms with Gasteiger partial charge in [-0.2, -0.15) is 0 Å². The Balaban J connectivity index is 2.44. The average molecular weight is 189 g/mol. The van der Waals surface area contributed by atoms with Gasteiger partial charge in [0.1, 0.15) is 6.23 Å². The third-order valence-corrected chi connectivity index (χ3v) is 1.72. The molecule has 1 saturated heterocycles. The van der Waals surface area contributed by atoms with Gasteiger partial charge in [-0.25, -0.2) is 0 Å². The average Bonchev–Trinajstić information content (AvgIpc) is 2.63. The zero-order valence-electron chi connectivity index (χ0n) is 7.14. The number of rotatable bonds is 5. The third-order valence-electron chi connectivity index (χ3n) is 1.72. The molecule has 0 aromatic rings. The molecule has 74 valence electrons. The van der Waals surface area contributed by atoms with Crippen molar-refractivity contribution in [3.8, 4) is 0 Å². The SMILES string of the molecule is CC1OC1N(CC(=O)O)CC(=O)O. The molecule has 6 heteroatoms. The molecular formula is C7H11NO5. The standard InChI is InChI=1S/C7H11NO5/c1-4-7(13-4)8(2-5(9)10)3-6(11)12/h4,7H,2-3H2,1H3,(H,9,10)(H,11,12). The monoisotopic (exact) mass is 189 g/mol. The van der Waals surface area contributed by atoms with E-state index in [2.05, 4.69) is 0 Å². The van der Waals surface area contributed by atoms with Gasteiger partial charge in [-0.1, -0.05) is 0 Å². The van der Waals surface area contributed by atoms with Crippen molar-refractivity contribution in [3.63, 3.8) is 0 Å². The van der Waals surface area contributed by atoms with E-state index in [-0.39, 0.29) is 25.4 Å². The maximum absolute atomic E-state index is 10.3. The summed E-state index contributed by atoms with van der Waals surface area (Å²) in [5.41, 5.74) is 0. The van der Waals surface area contributed by atoms with Crippen LogP contribution in [0.25, 0.3) is 0 Å². The van der Waals surface area contributed by atoms with Gasteiger partial charge in [0, 0.05) is 0 Å². The Labute approximate surface area is 74.7 Å². The Kier molecular flexibility index (Phi) is 2.84. The lowest BCUT2D eigenvalue weighted by Crippen LogP contribution is -2.37. The minimum Gasteiger partial charge on any atom is -0.480 e. The highest BCUT2D eigenvalue weighted by atomic mass is 16.6. The van der Waals surface area contributed by atoms with E-state index in [1.54, 1.807) is 6.92 Å². The minimum atomic E-state index is -1.05. The van der Waals surface area contributed by atoms with Crippen LogP contribution in [0.3, 0.4) is 0 Å². The van der Waals surface area contributed by atoms with Crippen LogP contribution in [0.4, 0.5) is 0 Å². The van der Waals surface area contributed by atoms with Gasteiger partial charge >= 0.3 is 11.9 Å². The van der Waals surface area contributed by atoms with Crippen molar-refractivity contribution in [2.24, 2.45) is 0 Å². The van der Waals surface area contributed by atoms with Crippen molar-refractivity contribution < 1.29 is 24.5 Å². The van der Waals surface area contributed by atoms with Gasteiger partial charge in [0.2, 0.25) is 0 Å². The normalized spacial score (nSPS) is 26.0. The van der Waals surface area contributed by atoms with E-state index in [1.165, 1.54) is 4.90 Å². The molecule has 0 bridgehead atoms. The van der Waals surface area contributed by atoms with Crippen LogP contribution in [0.1, 0.15) is 6.92 Å². The highest BCUT2D eigenvalue weighted by Crippen LogP contribution is 2.24. The van der Waals surface area contributed by atoms with Crippen molar-refractivity contribution in [3.05, 3.63) is 0 Å². The lowest BCUT2D eigenvalue weighted by molar-refractivity contribution is -0.142. The Morgan fingerprint density at radius 3 is 1.92 bits per heavy atom. The van der Waals surface area contributed by atoms with E-state index >= 15 is 0 Å². The number of carboxylic acid groups (broad SMARTS) is 2. The predicted molar refractivity (Wildman–Crippen MR) is 41.2 cm³/mol. The maximum atomic E-state index is 10.3. The van der Waals surface area contributed by atoms with Crippen LogP contribution < -0.4 is 0 Å². The van der Waals surface area contributed by atoms with Crippen LogP contribution in [0, 0.1) is 0 Å². The van der Waals surface area contributed by atoms with Crippen molar-refractivity contribution in [1.29, 1.82) is 0 Å². The summed E-state index contributed by atoms with van der Waals surface area (Å²) in [4.78, 5) is 22.0. The Bertz CT molecular complexity index is 213. The lowest BCUT2D eigenvalue weighted by atomic mass is 10.4. The van der Waals surface area contributed by atoms with E-state index in [1.807, 2.05) is 0 Å². The minimum absolute atomic E-state index is 0.0706. The molecule has 2 atom stereocenters. The largest absolute Gasteiger partial charge is 0.480 e. The fraction of sp³-hybridized carbons (Fsp3) is 0.714. The molecule has 1 heterocycles. The Hall–Kier alpha value is -1.14. The van der Waals surface area contributed by atoms with E-state index in [0.717, 1.165) is 0 Å². The Morgan fingerprint density at radius 1 is 1.31 bits per heavy atom. The molecule has 0 saturated carbocycles. The van der Waals surface area contributed by atoms with Gasteiger partial charge in [0.25, 0.3) is 0 Å². The summed E-state index contributed by atoms with van der Waals surface area (Å²) in [7, 11) is 0. The molecule has 1 aliphatic rings. The second kappa shape index (κ2) is 3.71. The molecule has 2 N–H and O–H groups in total. The number of nitrogens with zero attached hydrogens (tertiary/aromatic N) is 1. The molecule has 1 aliphatic heterocycles. The highest BCUT2D eigenvalue weighted by molar-refractivity contribution is 5.72. The number of hydrogen-bond donors (Lipinski definition) is 2. The third kappa shape index (κ3) is 3.00. The molecule has 0 aliphatic carbocycles. The van der Waals surface area contributed by atoms with Crippen LogP contribution >= 0.6 is 0 Å². The molecule has 6 nitrogen and oxygen atoms in total. The fourth-order valence-corrected chi connectivity index (χ4v) is 1.14. The molecule has 2 unspecified atom stereocenters. The van der Waals surface area contributed by atoms with Crippen LogP contribution in [0.15, 0.2) is 0 Å². The van der Waals surface area contributed by atoms with Crippen molar-refractivity contribution >= 4 is 11.9 Å². The molecule has 0 aromatic carbocycles. The summed E-state index contributed by atoms with van der Waals surface area (Å²) in [5, 5.41) is 16.9. The van der Waals surface area contributed by atoms with Crippen LogP contribution in [0.5, 0.6) is 0 Å². The molecule has 1 fully saturated rings. The molecule has 0 spiro atoms. The first kappa shape index (κ1) is 9.94. The number of hydrogen-bond acceptors (Lipinski definition) is 4. The van der Waals surface area contributed by atoms with Crippen molar-refractivity contribution in [1.82, 2.24) is 4.90 Å². The zero-order valence-corrected chi connectivity index (χ0v) is 7.14. The second-order valence-corrected chi connectivity index (χ2v) is 2.92. The molecule has 0 amide bonds. The maximum Gasteiger partial charge on any atom is 0.317 e. The van der Waals surface area contributed by atoms with Crippen LogP contribution in [-0.4, -0.2) is 52.5 Å². The summed E-state index contributed by atoms with van der Waals surface area (Å²) in [6, 6.07) is 0. The number of epoxide rings is 1. The Morgan fingerprint density at radius 2 is 1.69 bits per heavy atom.